The molecule has 1 aromatic rings. The zero-order valence-electron chi connectivity index (χ0n) is 14.9. The highest BCUT2D eigenvalue weighted by molar-refractivity contribution is 7.97. The van der Waals surface area contributed by atoms with Crippen LogP contribution in [0, 0.1) is 0 Å². The molecule has 2 saturated heterocycles. The summed E-state index contributed by atoms with van der Waals surface area (Å²) in [6.45, 7) is 5.90. The normalized spacial score (nSPS) is 22.1. The summed E-state index contributed by atoms with van der Waals surface area (Å²) < 4.78 is 5.43. The van der Waals surface area contributed by atoms with Crippen LogP contribution < -0.4 is 5.32 Å². The number of nitrogens with zero attached hydrogens (tertiary/aromatic N) is 3. The van der Waals surface area contributed by atoms with Gasteiger partial charge in [0, 0.05) is 43.4 Å². The van der Waals surface area contributed by atoms with Crippen LogP contribution in [0.3, 0.4) is 0 Å². The van der Waals surface area contributed by atoms with Crippen LogP contribution in [0.1, 0.15) is 30.0 Å². The van der Waals surface area contributed by atoms with Gasteiger partial charge in [0.25, 0.3) is 0 Å². The summed E-state index contributed by atoms with van der Waals surface area (Å²) in [7, 11) is 0. The Bertz CT molecular complexity index is 549. The standard InChI is InChI=1S/C17H28N4O2S2/c1-24-13-16-19-14(12-25-16)10-18-17(22)21-5-3-2-4-15(21)11-20-6-8-23-9-7-20/h12,15H,2-11,13H2,1H3,(H,18,22)/t15-/m0/s1. The van der Waals surface area contributed by atoms with Crippen molar-refractivity contribution in [2.75, 3.05) is 45.6 Å². The molecule has 140 valence electrons. The van der Waals surface area contributed by atoms with Crippen LogP contribution in [-0.4, -0.2) is 72.5 Å². The molecule has 2 amide bonds. The molecule has 6 nitrogen and oxygen atoms in total. The Labute approximate surface area is 158 Å². The minimum atomic E-state index is 0.0531. The van der Waals surface area contributed by atoms with Crippen molar-refractivity contribution >= 4 is 29.1 Å². The van der Waals surface area contributed by atoms with Crippen LogP contribution >= 0.6 is 23.1 Å². The van der Waals surface area contributed by atoms with E-state index in [1.807, 2.05) is 10.3 Å². The largest absolute Gasteiger partial charge is 0.379 e. The van der Waals surface area contributed by atoms with Crippen molar-refractivity contribution < 1.29 is 9.53 Å². The summed E-state index contributed by atoms with van der Waals surface area (Å²) in [4.78, 5) is 21.7. The molecule has 1 aromatic heterocycles. The lowest BCUT2D eigenvalue weighted by molar-refractivity contribution is 0.0221. The Kier molecular flexibility index (Phi) is 7.39. The monoisotopic (exact) mass is 384 g/mol. The summed E-state index contributed by atoms with van der Waals surface area (Å²) >= 11 is 3.44. The lowest BCUT2D eigenvalue weighted by Gasteiger charge is -2.39. The van der Waals surface area contributed by atoms with Crippen molar-refractivity contribution in [2.45, 2.75) is 37.6 Å². The van der Waals surface area contributed by atoms with Crippen molar-refractivity contribution in [3.8, 4) is 0 Å². The van der Waals surface area contributed by atoms with E-state index in [4.69, 9.17) is 4.74 Å². The van der Waals surface area contributed by atoms with E-state index >= 15 is 0 Å². The number of hydrogen-bond acceptors (Lipinski definition) is 6. The lowest BCUT2D eigenvalue weighted by atomic mass is 10.0. The van der Waals surface area contributed by atoms with Crippen molar-refractivity contribution in [1.82, 2.24) is 20.1 Å². The summed E-state index contributed by atoms with van der Waals surface area (Å²) in [5.41, 5.74) is 0.962. The Morgan fingerprint density at radius 1 is 1.40 bits per heavy atom. The molecule has 2 aliphatic rings. The second kappa shape index (κ2) is 9.75. The number of thiazole rings is 1. The van der Waals surface area contributed by atoms with E-state index in [2.05, 4.69) is 21.5 Å². The first-order valence-electron chi connectivity index (χ1n) is 9.03. The zero-order valence-corrected chi connectivity index (χ0v) is 16.5. The number of morpholine rings is 1. The first kappa shape index (κ1) is 18.9. The van der Waals surface area contributed by atoms with Gasteiger partial charge in [0.1, 0.15) is 5.01 Å². The van der Waals surface area contributed by atoms with Crippen LogP contribution in [0.5, 0.6) is 0 Å². The van der Waals surface area contributed by atoms with Crippen molar-refractivity contribution in [2.24, 2.45) is 0 Å². The molecule has 2 fully saturated rings. The SMILES string of the molecule is CSCc1nc(CNC(=O)N2CCCC[C@H]2CN2CCOCC2)cs1. The maximum atomic E-state index is 12.7. The summed E-state index contributed by atoms with van der Waals surface area (Å²) in [6.07, 6.45) is 5.48. The van der Waals surface area contributed by atoms with Gasteiger partial charge in [-0.2, -0.15) is 11.8 Å². The molecule has 0 unspecified atom stereocenters. The number of amides is 2. The van der Waals surface area contributed by atoms with Gasteiger partial charge in [0.05, 0.1) is 25.5 Å². The average molecular weight is 385 g/mol. The van der Waals surface area contributed by atoms with Crippen LogP contribution in [0.2, 0.25) is 0 Å². The number of rotatable bonds is 6. The first-order chi connectivity index (χ1) is 12.3. The second-order valence-corrected chi connectivity index (χ2v) is 8.39. The Balaban J connectivity index is 1.50. The van der Waals surface area contributed by atoms with Gasteiger partial charge in [-0.15, -0.1) is 11.3 Å². The van der Waals surface area contributed by atoms with E-state index in [9.17, 15) is 4.79 Å². The van der Waals surface area contributed by atoms with Crippen molar-refractivity contribution in [1.29, 1.82) is 0 Å². The van der Waals surface area contributed by atoms with Crippen LogP contribution in [-0.2, 0) is 17.0 Å². The lowest BCUT2D eigenvalue weighted by Crippen LogP contribution is -2.53. The Morgan fingerprint density at radius 3 is 3.04 bits per heavy atom. The maximum absolute atomic E-state index is 12.7. The molecule has 8 heteroatoms. The third-order valence-corrected chi connectivity index (χ3v) is 6.39. The number of carbonyl (C=O) groups excluding carboxylic acids is 1. The van der Waals surface area contributed by atoms with E-state index in [0.29, 0.717) is 12.6 Å². The third kappa shape index (κ3) is 5.57. The quantitative estimate of drug-likeness (QED) is 0.816. The summed E-state index contributed by atoms with van der Waals surface area (Å²) in [5.74, 6) is 0.937. The molecular weight excluding hydrogens is 356 g/mol. The van der Waals surface area contributed by atoms with E-state index in [-0.39, 0.29) is 6.03 Å². The molecular formula is C17H28N4O2S2. The molecule has 25 heavy (non-hydrogen) atoms. The molecule has 0 spiro atoms. The molecule has 3 heterocycles. The molecule has 0 saturated carbocycles. The number of likely N-dealkylation sites (tertiary alicyclic amines) is 1. The fourth-order valence-electron chi connectivity index (χ4n) is 3.43. The highest BCUT2D eigenvalue weighted by Gasteiger charge is 2.28. The molecule has 0 aromatic carbocycles. The van der Waals surface area contributed by atoms with Crippen LogP contribution in [0.25, 0.3) is 0 Å². The molecule has 0 bridgehead atoms. The van der Waals surface area contributed by atoms with E-state index in [0.717, 1.165) is 68.7 Å². The highest BCUT2D eigenvalue weighted by atomic mass is 32.2. The number of aromatic nitrogens is 1. The number of ether oxygens (including phenoxy) is 1. The highest BCUT2D eigenvalue weighted by Crippen LogP contribution is 2.19. The number of hydrogen-bond donors (Lipinski definition) is 1. The van der Waals surface area contributed by atoms with Crippen LogP contribution in [0.4, 0.5) is 4.79 Å². The number of urea groups is 1. The minimum Gasteiger partial charge on any atom is -0.379 e. The molecule has 1 atom stereocenters. The Hall–Kier alpha value is -0.830. The van der Waals surface area contributed by atoms with Gasteiger partial charge in [-0.3, -0.25) is 4.90 Å². The predicted octanol–water partition coefficient (Wildman–Crippen LogP) is 2.40. The van der Waals surface area contributed by atoms with Gasteiger partial charge >= 0.3 is 6.03 Å². The van der Waals surface area contributed by atoms with E-state index in [1.165, 1.54) is 6.42 Å². The predicted molar refractivity (Wildman–Crippen MR) is 103 cm³/mol. The number of thioether (sulfide) groups is 1. The van der Waals surface area contributed by atoms with Gasteiger partial charge in [-0.05, 0) is 25.5 Å². The molecule has 1 N–H and O–H groups in total. The average Bonchev–Trinajstić information content (AvgIpc) is 3.09. The first-order valence-corrected chi connectivity index (χ1v) is 11.3. The summed E-state index contributed by atoms with van der Waals surface area (Å²) in [5, 5.41) is 6.25. The van der Waals surface area contributed by atoms with Gasteiger partial charge < -0.3 is 15.0 Å². The van der Waals surface area contributed by atoms with Gasteiger partial charge in [-0.25, -0.2) is 9.78 Å². The van der Waals surface area contributed by atoms with Gasteiger partial charge in [0.2, 0.25) is 0 Å². The Morgan fingerprint density at radius 2 is 2.24 bits per heavy atom. The number of carbonyl (C=O) groups is 1. The van der Waals surface area contributed by atoms with Crippen molar-refractivity contribution in [3.63, 3.8) is 0 Å². The topological polar surface area (TPSA) is 57.7 Å². The molecule has 0 aliphatic carbocycles. The third-order valence-electron chi connectivity index (χ3n) is 4.75. The fourth-order valence-corrected chi connectivity index (χ4v) is 4.94. The zero-order chi connectivity index (χ0) is 17.5. The van der Waals surface area contributed by atoms with Gasteiger partial charge in [-0.1, -0.05) is 0 Å². The van der Waals surface area contributed by atoms with Crippen molar-refractivity contribution in [3.05, 3.63) is 16.1 Å². The smallest absolute Gasteiger partial charge is 0.318 e. The van der Waals surface area contributed by atoms with Crippen LogP contribution in [0.15, 0.2) is 5.38 Å². The molecule has 0 radical (unpaired) electrons. The molecule has 2 aliphatic heterocycles. The number of nitrogens with one attached hydrogen (secondary N) is 1. The minimum absolute atomic E-state index is 0.0531. The summed E-state index contributed by atoms with van der Waals surface area (Å²) in [6, 6.07) is 0.367. The number of piperidine rings is 1. The molecule has 3 rings (SSSR count). The van der Waals surface area contributed by atoms with Gasteiger partial charge in [0.15, 0.2) is 0 Å². The maximum Gasteiger partial charge on any atom is 0.318 e. The second-order valence-electron chi connectivity index (χ2n) is 6.58. The fraction of sp³-hybridized carbons (Fsp3) is 0.765. The van der Waals surface area contributed by atoms with E-state index in [1.54, 1.807) is 23.1 Å². The van der Waals surface area contributed by atoms with E-state index < -0.39 is 0 Å².